The van der Waals surface area contributed by atoms with Crippen LogP contribution in [0.5, 0.6) is 0 Å². The number of hydrogen-bond donors (Lipinski definition) is 1. The summed E-state index contributed by atoms with van der Waals surface area (Å²) in [5.74, 6) is -0.607. The highest BCUT2D eigenvalue weighted by Gasteiger charge is 2.28. The number of aryl methyl sites for hydroxylation is 1. The molecule has 136 valence electrons. The van der Waals surface area contributed by atoms with E-state index in [1.807, 2.05) is 25.1 Å². The second-order valence-electron chi connectivity index (χ2n) is 6.53. The second-order valence-corrected chi connectivity index (χ2v) is 7.38. The lowest BCUT2D eigenvalue weighted by Gasteiger charge is -2.31. The number of carbonyl (C=O) groups excluding carboxylic acids is 2. The molecule has 26 heavy (non-hydrogen) atoms. The molecule has 1 aliphatic heterocycles. The van der Waals surface area contributed by atoms with Crippen LogP contribution < -0.4 is 5.32 Å². The summed E-state index contributed by atoms with van der Waals surface area (Å²) in [6, 6.07) is 11.3. The predicted molar refractivity (Wildman–Crippen MR) is 103 cm³/mol. The predicted octanol–water partition coefficient (Wildman–Crippen LogP) is 4.39. The molecule has 4 nitrogen and oxygen atoms in total. The molecule has 0 radical (unpaired) electrons. The van der Waals surface area contributed by atoms with Crippen LogP contribution in [0.1, 0.15) is 28.8 Å². The van der Waals surface area contributed by atoms with Gasteiger partial charge in [-0.3, -0.25) is 9.59 Å². The van der Waals surface area contributed by atoms with Gasteiger partial charge in [0.15, 0.2) is 0 Å². The van der Waals surface area contributed by atoms with E-state index in [1.54, 1.807) is 4.90 Å². The average molecular weight is 419 g/mol. The van der Waals surface area contributed by atoms with Gasteiger partial charge in [0.2, 0.25) is 5.91 Å². The largest absolute Gasteiger partial charge is 0.339 e. The second kappa shape index (κ2) is 7.99. The molecule has 1 saturated heterocycles. The zero-order valence-electron chi connectivity index (χ0n) is 14.5. The van der Waals surface area contributed by atoms with E-state index < -0.39 is 0 Å². The SMILES string of the molecule is Cc1cc(NC(=O)C2CCN(C(=O)c3ccc(F)cc3)CC2)ccc1Br. The Balaban J connectivity index is 1.55. The fourth-order valence-electron chi connectivity index (χ4n) is 3.09. The van der Waals surface area contributed by atoms with Crippen LogP contribution in [0.3, 0.4) is 0 Å². The Morgan fingerprint density at radius 1 is 1.12 bits per heavy atom. The van der Waals surface area contributed by atoms with Crippen molar-refractivity contribution in [2.75, 3.05) is 18.4 Å². The summed E-state index contributed by atoms with van der Waals surface area (Å²) in [6.07, 6.45) is 1.24. The van der Waals surface area contributed by atoms with Crippen molar-refractivity contribution in [3.05, 3.63) is 63.9 Å². The first-order valence-corrected chi connectivity index (χ1v) is 9.35. The van der Waals surface area contributed by atoms with Crippen LogP contribution >= 0.6 is 15.9 Å². The van der Waals surface area contributed by atoms with Crippen molar-refractivity contribution in [1.82, 2.24) is 4.90 Å². The number of nitrogens with zero attached hydrogens (tertiary/aromatic N) is 1. The van der Waals surface area contributed by atoms with Crippen LogP contribution in [0.25, 0.3) is 0 Å². The van der Waals surface area contributed by atoms with Gasteiger partial charge >= 0.3 is 0 Å². The maximum Gasteiger partial charge on any atom is 0.253 e. The quantitative estimate of drug-likeness (QED) is 0.803. The third-order valence-corrected chi connectivity index (χ3v) is 5.56. The molecular weight excluding hydrogens is 399 g/mol. The molecule has 0 aromatic heterocycles. The van der Waals surface area contributed by atoms with E-state index in [4.69, 9.17) is 0 Å². The summed E-state index contributed by atoms with van der Waals surface area (Å²) < 4.78 is 14.0. The zero-order valence-corrected chi connectivity index (χ0v) is 16.1. The molecule has 0 atom stereocenters. The van der Waals surface area contributed by atoms with Gasteiger partial charge in [0.1, 0.15) is 5.82 Å². The molecule has 0 unspecified atom stereocenters. The first-order valence-electron chi connectivity index (χ1n) is 8.56. The van der Waals surface area contributed by atoms with Crippen LogP contribution in [0, 0.1) is 18.7 Å². The standard InChI is InChI=1S/C20H20BrFN2O2/c1-13-12-17(6-7-18(13)21)23-19(25)14-8-10-24(11-9-14)20(26)15-2-4-16(22)5-3-15/h2-7,12,14H,8-11H2,1H3,(H,23,25). The molecular formula is C20H20BrFN2O2. The van der Waals surface area contributed by atoms with Gasteiger partial charge in [0, 0.05) is 34.7 Å². The number of nitrogens with one attached hydrogen (secondary N) is 1. The maximum atomic E-state index is 13.0. The number of piperidine rings is 1. The van der Waals surface area contributed by atoms with Gasteiger partial charge in [-0.15, -0.1) is 0 Å². The summed E-state index contributed by atoms with van der Waals surface area (Å²) in [5, 5.41) is 2.96. The van der Waals surface area contributed by atoms with Crippen molar-refractivity contribution >= 4 is 33.4 Å². The number of likely N-dealkylation sites (tertiary alicyclic amines) is 1. The monoisotopic (exact) mass is 418 g/mol. The Bertz CT molecular complexity index is 815. The number of carbonyl (C=O) groups is 2. The average Bonchev–Trinajstić information content (AvgIpc) is 2.65. The molecule has 0 aliphatic carbocycles. The summed E-state index contributed by atoms with van der Waals surface area (Å²) in [5.41, 5.74) is 2.31. The maximum absolute atomic E-state index is 13.0. The van der Waals surface area contributed by atoms with Crippen molar-refractivity contribution in [1.29, 1.82) is 0 Å². The molecule has 1 heterocycles. The molecule has 0 saturated carbocycles. The van der Waals surface area contributed by atoms with Crippen molar-refractivity contribution in [2.24, 2.45) is 5.92 Å². The minimum absolute atomic E-state index is 0.0133. The summed E-state index contributed by atoms with van der Waals surface area (Å²) >= 11 is 3.44. The first-order chi connectivity index (χ1) is 12.4. The number of anilines is 1. The lowest BCUT2D eigenvalue weighted by atomic mass is 9.95. The number of benzene rings is 2. The van der Waals surface area contributed by atoms with Crippen molar-refractivity contribution in [3.8, 4) is 0 Å². The first kappa shape index (κ1) is 18.6. The van der Waals surface area contributed by atoms with Gasteiger partial charge in [0.05, 0.1) is 0 Å². The normalized spacial score (nSPS) is 15.0. The van der Waals surface area contributed by atoms with E-state index in [0.29, 0.717) is 31.5 Å². The minimum atomic E-state index is -0.361. The molecule has 2 aromatic carbocycles. The lowest BCUT2D eigenvalue weighted by molar-refractivity contribution is -0.121. The van der Waals surface area contributed by atoms with E-state index in [2.05, 4.69) is 21.2 Å². The zero-order chi connectivity index (χ0) is 18.7. The highest BCUT2D eigenvalue weighted by Crippen LogP contribution is 2.23. The Kier molecular flexibility index (Phi) is 5.71. The van der Waals surface area contributed by atoms with Crippen molar-refractivity contribution in [3.63, 3.8) is 0 Å². The van der Waals surface area contributed by atoms with Gasteiger partial charge < -0.3 is 10.2 Å². The topological polar surface area (TPSA) is 49.4 Å². The lowest BCUT2D eigenvalue weighted by Crippen LogP contribution is -2.41. The summed E-state index contributed by atoms with van der Waals surface area (Å²) in [7, 11) is 0. The highest BCUT2D eigenvalue weighted by atomic mass is 79.9. The van der Waals surface area contributed by atoms with Crippen molar-refractivity contribution in [2.45, 2.75) is 19.8 Å². The van der Waals surface area contributed by atoms with Gasteiger partial charge in [-0.25, -0.2) is 4.39 Å². The van der Waals surface area contributed by atoms with Gasteiger partial charge in [-0.1, -0.05) is 15.9 Å². The van der Waals surface area contributed by atoms with Crippen LogP contribution in [0.2, 0.25) is 0 Å². The van der Waals surface area contributed by atoms with Gasteiger partial charge in [-0.2, -0.15) is 0 Å². The number of hydrogen-bond acceptors (Lipinski definition) is 2. The smallest absolute Gasteiger partial charge is 0.253 e. The Morgan fingerprint density at radius 3 is 2.38 bits per heavy atom. The molecule has 1 aliphatic rings. The molecule has 2 aromatic rings. The fraction of sp³-hybridized carbons (Fsp3) is 0.300. The summed E-state index contributed by atoms with van der Waals surface area (Å²) in [6.45, 7) is 3.01. The summed E-state index contributed by atoms with van der Waals surface area (Å²) in [4.78, 5) is 26.6. The molecule has 0 spiro atoms. The van der Waals surface area contributed by atoms with E-state index in [1.165, 1.54) is 24.3 Å². The molecule has 1 N–H and O–H groups in total. The number of rotatable bonds is 3. The third-order valence-electron chi connectivity index (χ3n) is 4.67. The molecule has 6 heteroatoms. The number of amides is 2. The Morgan fingerprint density at radius 2 is 1.77 bits per heavy atom. The van der Waals surface area contributed by atoms with Gasteiger partial charge in [-0.05, 0) is 67.8 Å². The van der Waals surface area contributed by atoms with Crippen LogP contribution in [0.15, 0.2) is 46.9 Å². The van der Waals surface area contributed by atoms with Gasteiger partial charge in [0.25, 0.3) is 5.91 Å². The molecule has 2 amide bonds. The van der Waals surface area contributed by atoms with Crippen LogP contribution in [-0.4, -0.2) is 29.8 Å². The van der Waals surface area contributed by atoms with E-state index in [-0.39, 0.29) is 23.5 Å². The van der Waals surface area contributed by atoms with Crippen LogP contribution in [-0.2, 0) is 4.79 Å². The van der Waals surface area contributed by atoms with E-state index in [9.17, 15) is 14.0 Å². The van der Waals surface area contributed by atoms with Crippen LogP contribution in [0.4, 0.5) is 10.1 Å². The Labute approximate surface area is 160 Å². The van der Waals surface area contributed by atoms with Crippen molar-refractivity contribution < 1.29 is 14.0 Å². The fourth-order valence-corrected chi connectivity index (χ4v) is 3.33. The van der Waals surface area contributed by atoms with E-state index in [0.717, 1.165) is 15.7 Å². The molecule has 0 bridgehead atoms. The number of halogens is 2. The molecule has 1 fully saturated rings. The Hall–Kier alpha value is -2.21. The third kappa shape index (κ3) is 4.30. The van der Waals surface area contributed by atoms with E-state index >= 15 is 0 Å². The molecule has 3 rings (SSSR count). The minimum Gasteiger partial charge on any atom is -0.339 e. The highest BCUT2D eigenvalue weighted by molar-refractivity contribution is 9.10.